The number of aliphatic hydroxyl groups is 1. The van der Waals surface area contributed by atoms with Crippen LogP contribution in [0.25, 0.3) is 0 Å². The maximum absolute atomic E-state index is 11.4. The van der Waals surface area contributed by atoms with Crippen LogP contribution in [0.15, 0.2) is 23.1 Å². The van der Waals surface area contributed by atoms with Crippen LogP contribution in [0.3, 0.4) is 0 Å². The van der Waals surface area contributed by atoms with Gasteiger partial charge in [0.15, 0.2) is 9.84 Å². The summed E-state index contributed by atoms with van der Waals surface area (Å²) in [6.45, 7) is 2.06. The van der Waals surface area contributed by atoms with E-state index in [0.717, 1.165) is 11.3 Å². The molecule has 0 aromatic heterocycles. The van der Waals surface area contributed by atoms with Crippen LogP contribution in [0, 0.1) is 0 Å². The number of fused-ring (bicyclic) bond motifs is 1. The molecule has 1 aliphatic rings. The molecule has 0 fully saturated rings. The highest BCUT2D eigenvalue weighted by molar-refractivity contribution is 7.90. The highest BCUT2D eigenvalue weighted by Crippen LogP contribution is 2.36. The number of nitrogens with one attached hydrogen (secondary N) is 1. The molecule has 2 rings (SSSR count). The molecule has 0 saturated heterocycles. The van der Waals surface area contributed by atoms with E-state index < -0.39 is 9.84 Å². The van der Waals surface area contributed by atoms with Crippen molar-refractivity contribution in [2.24, 2.45) is 0 Å². The second-order valence-electron chi connectivity index (χ2n) is 4.24. The van der Waals surface area contributed by atoms with Gasteiger partial charge >= 0.3 is 0 Å². The van der Waals surface area contributed by atoms with E-state index in [4.69, 9.17) is 5.11 Å². The molecule has 2 N–H and O–H groups in total. The Morgan fingerprint density at radius 3 is 2.69 bits per heavy atom. The van der Waals surface area contributed by atoms with E-state index in [2.05, 4.69) is 5.32 Å². The molecule has 0 aliphatic carbocycles. The molecule has 2 atom stereocenters. The van der Waals surface area contributed by atoms with Crippen molar-refractivity contribution in [3.63, 3.8) is 0 Å². The zero-order valence-corrected chi connectivity index (χ0v) is 10.1. The van der Waals surface area contributed by atoms with Crippen molar-refractivity contribution in [2.75, 3.05) is 18.2 Å². The fraction of sp³-hybridized carbons (Fsp3) is 0.455. The lowest BCUT2D eigenvalue weighted by molar-refractivity contribution is 0.266. The van der Waals surface area contributed by atoms with Gasteiger partial charge in [-0.15, -0.1) is 0 Å². The maximum Gasteiger partial charge on any atom is 0.175 e. The molecule has 5 heteroatoms. The predicted octanol–water partition coefficient (Wildman–Crippen LogP) is 0.980. The highest BCUT2D eigenvalue weighted by atomic mass is 32.2. The van der Waals surface area contributed by atoms with Gasteiger partial charge in [-0.1, -0.05) is 13.0 Å². The number of benzene rings is 1. The molecule has 2 unspecified atom stereocenters. The van der Waals surface area contributed by atoms with Gasteiger partial charge in [-0.3, -0.25) is 0 Å². The standard InChI is InChI=1S/C11H15NO3S/c1-7-9-4-3-8(16(2,14)15)5-10(9)12-11(7)6-13/h3-5,7,11-13H,6H2,1-2H3. The second kappa shape index (κ2) is 3.75. The number of aliphatic hydroxyl groups excluding tert-OH is 1. The summed E-state index contributed by atoms with van der Waals surface area (Å²) < 4.78 is 22.8. The average molecular weight is 241 g/mol. The van der Waals surface area contributed by atoms with Crippen molar-refractivity contribution in [1.82, 2.24) is 0 Å². The van der Waals surface area contributed by atoms with Crippen LogP contribution in [-0.2, 0) is 9.84 Å². The van der Waals surface area contributed by atoms with Crippen molar-refractivity contribution < 1.29 is 13.5 Å². The molecule has 88 valence electrons. The Balaban J connectivity index is 2.45. The van der Waals surface area contributed by atoms with Crippen molar-refractivity contribution >= 4 is 15.5 Å². The first kappa shape index (κ1) is 11.4. The molecule has 0 spiro atoms. The summed E-state index contributed by atoms with van der Waals surface area (Å²) in [5.41, 5.74) is 1.88. The number of hydrogen-bond donors (Lipinski definition) is 2. The van der Waals surface area contributed by atoms with Gasteiger partial charge in [0.2, 0.25) is 0 Å². The van der Waals surface area contributed by atoms with E-state index in [1.807, 2.05) is 13.0 Å². The summed E-state index contributed by atoms with van der Waals surface area (Å²) in [6, 6.07) is 5.05. The van der Waals surface area contributed by atoms with Crippen LogP contribution in [0.5, 0.6) is 0 Å². The van der Waals surface area contributed by atoms with Crippen molar-refractivity contribution in [2.45, 2.75) is 23.8 Å². The van der Waals surface area contributed by atoms with Gasteiger partial charge in [0, 0.05) is 17.9 Å². The summed E-state index contributed by atoms with van der Waals surface area (Å²) in [5.74, 6) is 0.202. The number of sulfone groups is 1. The minimum Gasteiger partial charge on any atom is -0.394 e. The van der Waals surface area contributed by atoms with E-state index in [1.54, 1.807) is 12.1 Å². The molecule has 4 nitrogen and oxygen atoms in total. The molecule has 0 bridgehead atoms. The van der Waals surface area contributed by atoms with Crippen molar-refractivity contribution in [1.29, 1.82) is 0 Å². The monoisotopic (exact) mass is 241 g/mol. The molecule has 1 aromatic rings. The smallest absolute Gasteiger partial charge is 0.175 e. The Bertz CT molecular complexity index is 510. The number of rotatable bonds is 2. The molecule has 1 heterocycles. The molecule has 1 aliphatic heterocycles. The molecule has 0 saturated carbocycles. The van der Waals surface area contributed by atoms with Gasteiger partial charge in [0.25, 0.3) is 0 Å². The van der Waals surface area contributed by atoms with E-state index in [0.29, 0.717) is 4.90 Å². The Morgan fingerprint density at radius 2 is 2.12 bits per heavy atom. The van der Waals surface area contributed by atoms with E-state index in [-0.39, 0.29) is 18.6 Å². The first-order valence-electron chi connectivity index (χ1n) is 5.15. The lowest BCUT2D eigenvalue weighted by Crippen LogP contribution is -2.22. The SMILES string of the molecule is CC1c2ccc(S(C)(=O)=O)cc2NC1CO. The third-order valence-electron chi connectivity index (χ3n) is 3.08. The molecule has 1 aromatic carbocycles. The Kier molecular flexibility index (Phi) is 2.67. The van der Waals surface area contributed by atoms with Crippen LogP contribution in [0.2, 0.25) is 0 Å². The van der Waals surface area contributed by atoms with E-state index in [1.165, 1.54) is 6.26 Å². The normalized spacial score (nSPS) is 23.9. The van der Waals surface area contributed by atoms with Crippen LogP contribution >= 0.6 is 0 Å². The highest BCUT2D eigenvalue weighted by Gasteiger charge is 2.28. The quantitative estimate of drug-likeness (QED) is 0.810. The van der Waals surface area contributed by atoms with Crippen LogP contribution < -0.4 is 5.32 Å². The van der Waals surface area contributed by atoms with Gasteiger partial charge in [-0.05, 0) is 17.7 Å². The predicted molar refractivity (Wildman–Crippen MR) is 62.5 cm³/mol. The lowest BCUT2D eigenvalue weighted by atomic mass is 9.98. The minimum absolute atomic E-state index is 0.0233. The van der Waals surface area contributed by atoms with Gasteiger partial charge in [-0.25, -0.2) is 8.42 Å². The first-order valence-corrected chi connectivity index (χ1v) is 7.04. The third kappa shape index (κ3) is 1.81. The van der Waals surface area contributed by atoms with Gasteiger partial charge in [0.1, 0.15) is 0 Å². The van der Waals surface area contributed by atoms with Crippen LogP contribution in [0.1, 0.15) is 18.4 Å². The molecular formula is C11H15NO3S. The van der Waals surface area contributed by atoms with Crippen LogP contribution in [0.4, 0.5) is 5.69 Å². The first-order chi connectivity index (χ1) is 7.43. The van der Waals surface area contributed by atoms with Crippen LogP contribution in [-0.4, -0.2) is 32.4 Å². The Labute approximate surface area is 95.2 Å². The molecular weight excluding hydrogens is 226 g/mol. The van der Waals surface area contributed by atoms with Crippen molar-refractivity contribution in [3.05, 3.63) is 23.8 Å². The fourth-order valence-corrected chi connectivity index (χ4v) is 2.68. The molecule has 0 radical (unpaired) electrons. The maximum atomic E-state index is 11.4. The topological polar surface area (TPSA) is 66.4 Å². The summed E-state index contributed by atoms with van der Waals surface area (Å²) in [7, 11) is -3.17. The zero-order chi connectivity index (χ0) is 11.9. The lowest BCUT2D eigenvalue weighted by Gasteiger charge is -2.12. The summed E-state index contributed by atoms with van der Waals surface area (Å²) in [6.07, 6.45) is 1.19. The Morgan fingerprint density at radius 1 is 1.44 bits per heavy atom. The number of hydrogen-bond acceptors (Lipinski definition) is 4. The Hall–Kier alpha value is -1.07. The number of anilines is 1. The van der Waals surface area contributed by atoms with Gasteiger partial charge in [0.05, 0.1) is 17.5 Å². The summed E-state index contributed by atoms with van der Waals surface area (Å²) >= 11 is 0. The molecule has 0 amide bonds. The van der Waals surface area contributed by atoms with Gasteiger partial charge in [-0.2, -0.15) is 0 Å². The summed E-state index contributed by atoms with van der Waals surface area (Å²) in [5, 5.41) is 12.3. The second-order valence-corrected chi connectivity index (χ2v) is 6.26. The van der Waals surface area contributed by atoms with E-state index in [9.17, 15) is 8.42 Å². The van der Waals surface area contributed by atoms with Gasteiger partial charge < -0.3 is 10.4 Å². The average Bonchev–Trinajstić information content (AvgIpc) is 2.54. The van der Waals surface area contributed by atoms with E-state index >= 15 is 0 Å². The zero-order valence-electron chi connectivity index (χ0n) is 9.27. The largest absolute Gasteiger partial charge is 0.394 e. The fourth-order valence-electron chi connectivity index (χ4n) is 2.03. The minimum atomic E-state index is -3.17. The molecule has 16 heavy (non-hydrogen) atoms. The third-order valence-corrected chi connectivity index (χ3v) is 4.19. The summed E-state index contributed by atoms with van der Waals surface area (Å²) in [4.78, 5) is 0.310. The van der Waals surface area contributed by atoms with Crippen molar-refractivity contribution in [3.8, 4) is 0 Å².